The van der Waals surface area contributed by atoms with E-state index in [4.69, 9.17) is 9.15 Å². The SMILES string of the molecule is COCc1cccc(-c2ccc(C=O)o2)c1. The molecule has 2 rings (SSSR count). The van der Waals surface area contributed by atoms with Crippen LogP contribution in [0.5, 0.6) is 0 Å². The lowest BCUT2D eigenvalue weighted by atomic mass is 10.1. The Labute approximate surface area is 93.7 Å². The Morgan fingerprint density at radius 2 is 2.19 bits per heavy atom. The summed E-state index contributed by atoms with van der Waals surface area (Å²) >= 11 is 0. The Balaban J connectivity index is 2.32. The number of hydrogen-bond donors (Lipinski definition) is 0. The number of furan rings is 1. The normalized spacial score (nSPS) is 10.3. The van der Waals surface area contributed by atoms with Crippen molar-refractivity contribution in [2.45, 2.75) is 6.61 Å². The van der Waals surface area contributed by atoms with Crippen molar-refractivity contribution in [3.8, 4) is 11.3 Å². The van der Waals surface area contributed by atoms with Crippen molar-refractivity contribution in [3.63, 3.8) is 0 Å². The zero-order valence-electron chi connectivity index (χ0n) is 8.97. The molecule has 0 amide bonds. The van der Waals surface area contributed by atoms with Crippen LogP contribution in [0.4, 0.5) is 0 Å². The summed E-state index contributed by atoms with van der Waals surface area (Å²) in [6.07, 6.45) is 0.697. The van der Waals surface area contributed by atoms with E-state index in [1.54, 1.807) is 19.2 Å². The highest BCUT2D eigenvalue weighted by Gasteiger charge is 2.04. The van der Waals surface area contributed by atoms with E-state index in [1.807, 2.05) is 24.3 Å². The molecule has 0 aliphatic heterocycles. The summed E-state index contributed by atoms with van der Waals surface area (Å²) in [6.45, 7) is 0.565. The lowest BCUT2D eigenvalue weighted by Crippen LogP contribution is -1.87. The Morgan fingerprint density at radius 1 is 1.31 bits per heavy atom. The molecule has 0 saturated heterocycles. The molecule has 0 bridgehead atoms. The Bertz CT molecular complexity index is 485. The van der Waals surface area contributed by atoms with E-state index >= 15 is 0 Å². The summed E-state index contributed by atoms with van der Waals surface area (Å²) in [5, 5.41) is 0. The number of ether oxygens (including phenoxy) is 1. The topological polar surface area (TPSA) is 39.4 Å². The second-order valence-corrected chi connectivity index (χ2v) is 3.45. The van der Waals surface area contributed by atoms with Crippen LogP contribution < -0.4 is 0 Å². The first-order chi connectivity index (χ1) is 7.83. The van der Waals surface area contributed by atoms with Gasteiger partial charge in [-0.25, -0.2) is 0 Å². The lowest BCUT2D eigenvalue weighted by molar-refractivity contribution is 0.110. The molecule has 0 spiro atoms. The first-order valence-corrected chi connectivity index (χ1v) is 4.97. The molecular weight excluding hydrogens is 204 g/mol. The Kier molecular flexibility index (Phi) is 3.17. The van der Waals surface area contributed by atoms with Gasteiger partial charge >= 0.3 is 0 Å². The number of carbonyl (C=O) groups excluding carboxylic acids is 1. The largest absolute Gasteiger partial charge is 0.453 e. The van der Waals surface area contributed by atoms with E-state index < -0.39 is 0 Å². The number of hydrogen-bond acceptors (Lipinski definition) is 3. The van der Waals surface area contributed by atoms with Crippen LogP contribution >= 0.6 is 0 Å². The lowest BCUT2D eigenvalue weighted by Gasteiger charge is -2.01. The third kappa shape index (κ3) is 2.20. The minimum Gasteiger partial charge on any atom is -0.453 e. The summed E-state index contributed by atoms with van der Waals surface area (Å²) in [5.41, 5.74) is 2.02. The van der Waals surface area contributed by atoms with Crippen LogP contribution in [0.2, 0.25) is 0 Å². The van der Waals surface area contributed by atoms with Crippen LogP contribution in [-0.2, 0) is 11.3 Å². The molecule has 3 nitrogen and oxygen atoms in total. The maximum atomic E-state index is 10.5. The van der Waals surface area contributed by atoms with Gasteiger partial charge in [0.15, 0.2) is 12.0 Å². The Morgan fingerprint density at radius 3 is 2.88 bits per heavy atom. The highest BCUT2D eigenvalue weighted by molar-refractivity contribution is 5.72. The minimum atomic E-state index is 0.340. The number of rotatable bonds is 4. The van der Waals surface area contributed by atoms with Crippen molar-refractivity contribution < 1.29 is 13.9 Å². The molecule has 0 fully saturated rings. The fraction of sp³-hybridized carbons (Fsp3) is 0.154. The van der Waals surface area contributed by atoms with Crippen molar-refractivity contribution in [1.82, 2.24) is 0 Å². The van der Waals surface area contributed by atoms with Crippen LogP contribution in [0.1, 0.15) is 16.1 Å². The fourth-order valence-electron chi connectivity index (χ4n) is 1.55. The highest BCUT2D eigenvalue weighted by atomic mass is 16.5. The van der Waals surface area contributed by atoms with Crippen LogP contribution in [0, 0.1) is 0 Å². The minimum absolute atomic E-state index is 0.340. The van der Waals surface area contributed by atoms with E-state index in [1.165, 1.54) is 0 Å². The van der Waals surface area contributed by atoms with Gasteiger partial charge in [-0.2, -0.15) is 0 Å². The molecule has 1 heterocycles. The van der Waals surface area contributed by atoms with Gasteiger partial charge in [-0.05, 0) is 23.8 Å². The maximum Gasteiger partial charge on any atom is 0.185 e. The van der Waals surface area contributed by atoms with E-state index in [0.29, 0.717) is 24.4 Å². The van der Waals surface area contributed by atoms with Crippen molar-refractivity contribution in [2.75, 3.05) is 7.11 Å². The number of aldehydes is 1. The Hall–Kier alpha value is -1.87. The van der Waals surface area contributed by atoms with E-state index in [2.05, 4.69) is 0 Å². The molecule has 1 aromatic heterocycles. The van der Waals surface area contributed by atoms with Crippen LogP contribution in [0.15, 0.2) is 40.8 Å². The summed E-state index contributed by atoms with van der Waals surface area (Å²) in [5.74, 6) is 1.03. The quantitative estimate of drug-likeness (QED) is 0.737. The van der Waals surface area contributed by atoms with Gasteiger partial charge < -0.3 is 9.15 Å². The molecule has 3 heteroatoms. The second-order valence-electron chi connectivity index (χ2n) is 3.45. The fourth-order valence-corrected chi connectivity index (χ4v) is 1.55. The summed E-state index contributed by atoms with van der Waals surface area (Å²) in [6, 6.07) is 11.3. The zero-order valence-corrected chi connectivity index (χ0v) is 8.97. The standard InChI is InChI=1S/C13H12O3/c1-15-9-10-3-2-4-11(7-10)13-6-5-12(8-14)16-13/h2-8H,9H2,1H3. The van der Waals surface area contributed by atoms with Gasteiger partial charge in [0.2, 0.25) is 0 Å². The maximum absolute atomic E-state index is 10.5. The molecule has 0 N–H and O–H groups in total. The molecule has 1 aromatic carbocycles. The van der Waals surface area contributed by atoms with Crippen LogP contribution in [-0.4, -0.2) is 13.4 Å². The monoisotopic (exact) mass is 216 g/mol. The van der Waals surface area contributed by atoms with E-state index in [0.717, 1.165) is 11.1 Å². The molecule has 0 radical (unpaired) electrons. The second kappa shape index (κ2) is 4.77. The summed E-state index contributed by atoms with van der Waals surface area (Å²) < 4.78 is 10.4. The van der Waals surface area contributed by atoms with Gasteiger partial charge in [0, 0.05) is 12.7 Å². The molecule has 16 heavy (non-hydrogen) atoms. The number of carbonyl (C=O) groups is 1. The van der Waals surface area contributed by atoms with Gasteiger partial charge in [0.05, 0.1) is 6.61 Å². The number of benzene rings is 1. The average molecular weight is 216 g/mol. The molecule has 0 unspecified atom stereocenters. The van der Waals surface area contributed by atoms with Gasteiger partial charge in [-0.3, -0.25) is 4.79 Å². The molecule has 0 aliphatic carbocycles. The third-order valence-corrected chi connectivity index (χ3v) is 2.27. The molecule has 82 valence electrons. The third-order valence-electron chi connectivity index (χ3n) is 2.27. The molecule has 0 atom stereocenters. The predicted molar refractivity (Wildman–Crippen MR) is 60.2 cm³/mol. The van der Waals surface area contributed by atoms with Gasteiger partial charge in [-0.1, -0.05) is 18.2 Å². The van der Waals surface area contributed by atoms with Crippen molar-refractivity contribution in [1.29, 1.82) is 0 Å². The van der Waals surface area contributed by atoms with Crippen molar-refractivity contribution in [2.24, 2.45) is 0 Å². The van der Waals surface area contributed by atoms with Gasteiger partial charge in [-0.15, -0.1) is 0 Å². The predicted octanol–water partition coefficient (Wildman–Crippen LogP) is 2.91. The molecular formula is C13H12O3. The van der Waals surface area contributed by atoms with Crippen LogP contribution in [0.3, 0.4) is 0 Å². The first-order valence-electron chi connectivity index (χ1n) is 4.97. The van der Waals surface area contributed by atoms with Crippen molar-refractivity contribution in [3.05, 3.63) is 47.7 Å². The molecule has 0 saturated carbocycles. The first kappa shape index (κ1) is 10.6. The molecule has 0 aliphatic rings. The number of methoxy groups -OCH3 is 1. The van der Waals surface area contributed by atoms with Gasteiger partial charge in [0.1, 0.15) is 5.76 Å². The zero-order chi connectivity index (χ0) is 11.4. The van der Waals surface area contributed by atoms with Crippen molar-refractivity contribution >= 4 is 6.29 Å². The van der Waals surface area contributed by atoms with E-state index in [-0.39, 0.29) is 0 Å². The average Bonchev–Trinajstić information content (AvgIpc) is 2.78. The highest BCUT2D eigenvalue weighted by Crippen LogP contribution is 2.22. The molecule has 2 aromatic rings. The van der Waals surface area contributed by atoms with E-state index in [9.17, 15) is 4.79 Å². The summed E-state index contributed by atoms with van der Waals surface area (Å²) in [7, 11) is 1.66. The van der Waals surface area contributed by atoms with Gasteiger partial charge in [0.25, 0.3) is 0 Å². The van der Waals surface area contributed by atoms with Crippen LogP contribution in [0.25, 0.3) is 11.3 Å². The smallest absolute Gasteiger partial charge is 0.185 e. The summed E-state index contributed by atoms with van der Waals surface area (Å²) in [4.78, 5) is 10.5.